The van der Waals surface area contributed by atoms with E-state index in [9.17, 15) is 0 Å². The van der Waals surface area contributed by atoms with Crippen molar-refractivity contribution >= 4 is 10.9 Å². The third kappa shape index (κ3) is 1.27. The smallest absolute Gasteiger partial charge is 0.146 e. The Morgan fingerprint density at radius 1 is 1.21 bits per heavy atom. The summed E-state index contributed by atoms with van der Waals surface area (Å²) in [5.74, 6) is 1.46. The van der Waals surface area contributed by atoms with Crippen molar-refractivity contribution in [2.24, 2.45) is 0 Å². The van der Waals surface area contributed by atoms with Crippen molar-refractivity contribution in [1.82, 2.24) is 4.98 Å². The minimum absolute atomic E-state index is 0.484. The first-order valence-electron chi connectivity index (χ1n) is 4.88. The molecule has 14 heavy (non-hydrogen) atoms. The summed E-state index contributed by atoms with van der Waals surface area (Å²) in [7, 11) is 1.72. The zero-order valence-corrected chi connectivity index (χ0v) is 8.79. The van der Waals surface area contributed by atoms with Crippen LogP contribution in [0.15, 0.2) is 24.4 Å². The monoisotopic (exact) mass is 189 g/mol. The van der Waals surface area contributed by atoms with Gasteiger partial charge in [0.25, 0.3) is 0 Å². The molecule has 0 bridgehead atoms. The van der Waals surface area contributed by atoms with Crippen molar-refractivity contribution in [1.29, 1.82) is 0 Å². The van der Waals surface area contributed by atoms with Gasteiger partial charge in [-0.25, -0.2) is 0 Å². The van der Waals surface area contributed by atoms with Crippen molar-refractivity contribution in [2.45, 2.75) is 19.8 Å². The van der Waals surface area contributed by atoms with Gasteiger partial charge in [0.15, 0.2) is 0 Å². The Balaban J connectivity index is 2.72. The second-order valence-electron chi connectivity index (χ2n) is 3.78. The van der Waals surface area contributed by atoms with Gasteiger partial charge in [-0.2, -0.15) is 0 Å². The van der Waals surface area contributed by atoms with Gasteiger partial charge in [-0.05, 0) is 17.5 Å². The van der Waals surface area contributed by atoms with E-state index >= 15 is 0 Å². The molecule has 0 saturated carbocycles. The van der Waals surface area contributed by atoms with Gasteiger partial charge in [0, 0.05) is 11.6 Å². The number of aromatic nitrogens is 1. The van der Waals surface area contributed by atoms with Crippen LogP contribution in [0.1, 0.15) is 25.3 Å². The Morgan fingerprint density at radius 3 is 2.64 bits per heavy atom. The largest absolute Gasteiger partial charge is 0.494 e. The normalized spacial score (nSPS) is 11.1. The molecule has 0 aliphatic rings. The van der Waals surface area contributed by atoms with Crippen LogP contribution in [0.3, 0.4) is 0 Å². The van der Waals surface area contributed by atoms with Crippen LogP contribution in [-0.4, -0.2) is 12.1 Å². The summed E-state index contributed by atoms with van der Waals surface area (Å²) < 4.78 is 5.45. The quantitative estimate of drug-likeness (QED) is 0.770. The van der Waals surface area contributed by atoms with Gasteiger partial charge < -0.3 is 9.72 Å². The fraction of sp³-hybridized carbons (Fsp3) is 0.333. The average molecular weight is 189 g/mol. The van der Waals surface area contributed by atoms with Gasteiger partial charge >= 0.3 is 0 Å². The summed E-state index contributed by atoms with van der Waals surface area (Å²) in [5, 5.41) is 1.20. The zero-order chi connectivity index (χ0) is 10.1. The lowest BCUT2D eigenvalue weighted by atomic mass is 10.0. The molecule has 0 aliphatic heterocycles. The third-order valence-corrected chi connectivity index (χ3v) is 2.54. The predicted octanol–water partition coefficient (Wildman–Crippen LogP) is 3.30. The van der Waals surface area contributed by atoms with Gasteiger partial charge in [0.2, 0.25) is 0 Å². The number of rotatable bonds is 2. The van der Waals surface area contributed by atoms with Gasteiger partial charge in [0.05, 0.1) is 12.6 Å². The van der Waals surface area contributed by atoms with E-state index < -0.39 is 0 Å². The maximum absolute atomic E-state index is 5.45. The molecule has 0 amide bonds. The summed E-state index contributed by atoms with van der Waals surface area (Å²) in [4.78, 5) is 3.21. The highest BCUT2D eigenvalue weighted by Gasteiger charge is 2.11. The first-order valence-corrected chi connectivity index (χ1v) is 4.88. The molecule has 0 radical (unpaired) electrons. The van der Waals surface area contributed by atoms with Crippen LogP contribution in [0.25, 0.3) is 10.9 Å². The molecule has 1 N–H and O–H groups in total. The van der Waals surface area contributed by atoms with Crippen molar-refractivity contribution < 1.29 is 4.74 Å². The highest BCUT2D eigenvalue weighted by Crippen LogP contribution is 2.32. The van der Waals surface area contributed by atoms with Gasteiger partial charge in [-0.15, -0.1) is 0 Å². The van der Waals surface area contributed by atoms with Crippen LogP contribution < -0.4 is 4.74 Å². The predicted molar refractivity (Wildman–Crippen MR) is 58.9 cm³/mol. The first kappa shape index (κ1) is 9.13. The molecule has 74 valence electrons. The van der Waals surface area contributed by atoms with E-state index in [0.717, 1.165) is 11.3 Å². The molecule has 0 unspecified atom stereocenters. The lowest BCUT2D eigenvalue weighted by molar-refractivity contribution is 0.412. The van der Waals surface area contributed by atoms with Crippen LogP contribution in [0.2, 0.25) is 0 Å². The zero-order valence-electron chi connectivity index (χ0n) is 8.79. The van der Waals surface area contributed by atoms with E-state index in [0.29, 0.717) is 5.92 Å². The Kier molecular flexibility index (Phi) is 2.20. The highest BCUT2D eigenvalue weighted by molar-refractivity contribution is 5.86. The molecule has 0 fully saturated rings. The van der Waals surface area contributed by atoms with Crippen molar-refractivity contribution in [2.75, 3.05) is 7.11 Å². The molecular weight excluding hydrogens is 174 g/mol. The number of methoxy groups -OCH3 is 1. The van der Waals surface area contributed by atoms with Crippen molar-refractivity contribution in [3.05, 3.63) is 30.0 Å². The van der Waals surface area contributed by atoms with E-state index in [1.54, 1.807) is 7.11 Å². The van der Waals surface area contributed by atoms with Crippen molar-refractivity contribution in [3.63, 3.8) is 0 Å². The number of ether oxygens (including phenoxy) is 1. The molecule has 0 saturated heterocycles. The fourth-order valence-corrected chi connectivity index (χ4v) is 1.79. The Hall–Kier alpha value is -1.44. The van der Waals surface area contributed by atoms with Crippen LogP contribution >= 0.6 is 0 Å². The van der Waals surface area contributed by atoms with E-state index in [4.69, 9.17) is 4.74 Å². The molecule has 0 spiro atoms. The second-order valence-corrected chi connectivity index (χ2v) is 3.78. The van der Waals surface area contributed by atoms with E-state index in [1.165, 1.54) is 10.9 Å². The molecular formula is C12H15NO. The van der Waals surface area contributed by atoms with Crippen LogP contribution in [0.5, 0.6) is 5.75 Å². The number of H-pyrrole nitrogens is 1. The molecule has 1 aromatic carbocycles. The SMILES string of the molecule is COc1c(C(C)C)ccc2cc[nH]c12. The molecule has 2 nitrogen and oxygen atoms in total. The number of hydrogen-bond acceptors (Lipinski definition) is 1. The van der Waals surface area contributed by atoms with Crippen LogP contribution in [0.4, 0.5) is 0 Å². The summed E-state index contributed by atoms with van der Waals surface area (Å²) in [6, 6.07) is 6.32. The van der Waals surface area contributed by atoms with Crippen LogP contribution in [0, 0.1) is 0 Å². The van der Waals surface area contributed by atoms with Gasteiger partial charge in [-0.1, -0.05) is 26.0 Å². The standard InChI is InChI=1S/C12H15NO/c1-8(2)10-5-4-9-6-7-13-11(9)12(10)14-3/h4-8,13H,1-3H3. The Labute approximate surface area is 83.9 Å². The van der Waals surface area contributed by atoms with E-state index in [-0.39, 0.29) is 0 Å². The fourth-order valence-electron chi connectivity index (χ4n) is 1.79. The molecule has 0 atom stereocenters. The summed E-state index contributed by atoms with van der Waals surface area (Å²) in [6.07, 6.45) is 1.94. The maximum atomic E-state index is 5.45. The van der Waals surface area contributed by atoms with Crippen molar-refractivity contribution in [3.8, 4) is 5.75 Å². The van der Waals surface area contributed by atoms with E-state index in [2.05, 4.69) is 37.0 Å². The average Bonchev–Trinajstić information content (AvgIpc) is 2.63. The highest BCUT2D eigenvalue weighted by atomic mass is 16.5. The van der Waals surface area contributed by atoms with Gasteiger partial charge in [0.1, 0.15) is 5.75 Å². The number of nitrogens with one attached hydrogen (secondary N) is 1. The first-order chi connectivity index (χ1) is 6.74. The molecule has 0 aliphatic carbocycles. The number of benzene rings is 1. The summed E-state index contributed by atoms with van der Waals surface area (Å²) in [5.41, 5.74) is 2.35. The van der Waals surface area contributed by atoms with E-state index in [1.807, 2.05) is 6.20 Å². The van der Waals surface area contributed by atoms with Crippen LogP contribution in [-0.2, 0) is 0 Å². The maximum Gasteiger partial charge on any atom is 0.146 e. The molecule has 1 aromatic heterocycles. The Bertz CT molecular complexity index is 443. The molecule has 1 heterocycles. The number of aromatic amines is 1. The minimum Gasteiger partial charge on any atom is -0.494 e. The number of fused-ring (bicyclic) bond motifs is 1. The minimum atomic E-state index is 0.484. The molecule has 2 heteroatoms. The molecule has 2 aromatic rings. The summed E-state index contributed by atoms with van der Waals surface area (Å²) >= 11 is 0. The lowest BCUT2D eigenvalue weighted by Crippen LogP contribution is -1.94. The topological polar surface area (TPSA) is 25.0 Å². The Morgan fingerprint density at radius 2 is 2.00 bits per heavy atom. The third-order valence-electron chi connectivity index (χ3n) is 2.54. The lowest BCUT2D eigenvalue weighted by Gasteiger charge is -2.12. The second kappa shape index (κ2) is 3.37. The number of hydrogen-bond donors (Lipinski definition) is 1. The summed E-state index contributed by atoms with van der Waals surface area (Å²) in [6.45, 7) is 4.35. The van der Waals surface area contributed by atoms with Gasteiger partial charge in [-0.3, -0.25) is 0 Å². The molecule has 2 rings (SSSR count).